The fraction of sp³-hybridized carbons (Fsp3) is 0.647. The van der Waals surface area contributed by atoms with Gasteiger partial charge in [-0.25, -0.2) is 0 Å². The molecule has 0 aromatic heterocycles. The predicted octanol–water partition coefficient (Wildman–Crippen LogP) is 4.91. The van der Waals surface area contributed by atoms with Crippen molar-refractivity contribution in [2.45, 2.75) is 45.1 Å². The largest absolute Gasteiger partial charge is 0.309 e. The first-order valence-electron chi connectivity index (χ1n) is 8.11. The van der Waals surface area contributed by atoms with Crippen molar-refractivity contribution >= 4 is 23.2 Å². The molecule has 1 saturated heterocycles. The molecule has 4 heteroatoms. The van der Waals surface area contributed by atoms with Gasteiger partial charge in [0.05, 0.1) is 0 Å². The van der Waals surface area contributed by atoms with Crippen LogP contribution in [0.15, 0.2) is 18.2 Å². The van der Waals surface area contributed by atoms with E-state index < -0.39 is 0 Å². The van der Waals surface area contributed by atoms with Crippen LogP contribution in [0.4, 0.5) is 0 Å². The summed E-state index contributed by atoms with van der Waals surface area (Å²) < 4.78 is 0. The maximum Gasteiger partial charge on any atom is 0.0468 e. The van der Waals surface area contributed by atoms with E-state index in [4.69, 9.17) is 23.2 Å². The fourth-order valence-corrected chi connectivity index (χ4v) is 3.56. The summed E-state index contributed by atoms with van der Waals surface area (Å²) in [6.45, 7) is 6.83. The Morgan fingerprint density at radius 3 is 2.48 bits per heavy atom. The van der Waals surface area contributed by atoms with Gasteiger partial charge in [-0.15, -0.1) is 0 Å². The van der Waals surface area contributed by atoms with Crippen molar-refractivity contribution in [1.29, 1.82) is 0 Å². The Morgan fingerprint density at radius 2 is 1.86 bits per heavy atom. The van der Waals surface area contributed by atoms with Crippen LogP contribution in [0.2, 0.25) is 10.0 Å². The third kappa shape index (κ3) is 5.45. The Morgan fingerprint density at radius 1 is 1.14 bits per heavy atom. The van der Waals surface area contributed by atoms with Crippen molar-refractivity contribution in [2.24, 2.45) is 0 Å². The first kappa shape index (κ1) is 17.1. The number of nitrogens with zero attached hydrogens (tertiary/aromatic N) is 1. The molecule has 21 heavy (non-hydrogen) atoms. The minimum absolute atomic E-state index is 0.307. The number of hydrogen-bond acceptors (Lipinski definition) is 2. The van der Waals surface area contributed by atoms with E-state index in [1.807, 2.05) is 18.2 Å². The van der Waals surface area contributed by atoms with E-state index in [1.165, 1.54) is 38.8 Å². The standard InChI is InChI=1S/C17H26Cl2N2/c1-2-17(15-8-7-14(18)13-16(15)19)20-9-12-21-10-5-3-4-6-11-21/h7-8,13,17,20H,2-6,9-12H2,1H3. The molecule has 118 valence electrons. The van der Waals surface area contributed by atoms with Gasteiger partial charge < -0.3 is 10.2 Å². The van der Waals surface area contributed by atoms with Gasteiger partial charge in [-0.3, -0.25) is 0 Å². The second-order valence-electron chi connectivity index (χ2n) is 5.84. The quantitative estimate of drug-likeness (QED) is 0.798. The highest BCUT2D eigenvalue weighted by atomic mass is 35.5. The lowest BCUT2D eigenvalue weighted by molar-refractivity contribution is 0.278. The first-order chi connectivity index (χ1) is 10.2. The van der Waals surface area contributed by atoms with Crippen molar-refractivity contribution in [1.82, 2.24) is 10.2 Å². The Balaban J connectivity index is 1.84. The average Bonchev–Trinajstić information content (AvgIpc) is 2.73. The molecule has 0 radical (unpaired) electrons. The van der Waals surface area contributed by atoms with Gasteiger partial charge >= 0.3 is 0 Å². The van der Waals surface area contributed by atoms with Crippen molar-refractivity contribution in [2.75, 3.05) is 26.2 Å². The summed E-state index contributed by atoms with van der Waals surface area (Å²) >= 11 is 12.3. The molecule has 1 atom stereocenters. The summed E-state index contributed by atoms with van der Waals surface area (Å²) in [4.78, 5) is 2.58. The molecule has 0 aliphatic carbocycles. The van der Waals surface area contributed by atoms with Gasteiger partial charge in [0.2, 0.25) is 0 Å². The molecule has 0 saturated carbocycles. The van der Waals surface area contributed by atoms with Crippen LogP contribution in [0.1, 0.15) is 50.6 Å². The van der Waals surface area contributed by atoms with Crippen LogP contribution in [0, 0.1) is 0 Å². The number of halogens is 2. The summed E-state index contributed by atoms with van der Waals surface area (Å²) in [5, 5.41) is 5.10. The summed E-state index contributed by atoms with van der Waals surface area (Å²) in [7, 11) is 0. The normalized spacial score (nSPS) is 18.4. The summed E-state index contributed by atoms with van der Waals surface area (Å²) in [6.07, 6.45) is 6.51. The third-order valence-electron chi connectivity index (χ3n) is 4.26. The second-order valence-corrected chi connectivity index (χ2v) is 6.68. The Hall–Kier alpha value is -0.280. The van der Waals surface area contributed by atoms with Gasteiger partial charge in [-0.05, 0) is 50.0 Å². The van der Waals surface area contributed by atoms with E-state index in [9.17, 15) is 0 Å². The lowest BCUT2D eigenvalue weighted by Gasteiger charge is -2.23. The summed E-state index contributed by atoms with van der Waals surface area (Å²) in [5.74, 6) is 0. The molecule has 0 spiro atoms. The van der Waals surface area contributed by atoms with Crippen molar-refractivity contribution < 1.29 is 0 Å². The molecule has 2 rings (SSSR count). The van der Waals surface area contributed by atoms with Gasteiger partial charge in [0, 0.05) is 29.2 Å². The van der Waals surface area contributed by atoms with E-state index in [0.717, 1.165) is 30.1 Å². The molecule has 1 aromatic rings. The van der Waals surface area contributed by atoms with E-state index in [0.29, 0.717) is 11.1 Å². The molecular weight excluding hydrogens is 303 g/mol. The highest BCUT2D eigenvalue weighted by Crippen LogP contribution is 2.27. The number of benzene rings is 1. The molecule has 0 amide bonds. The van der Waals surface area contributed by atoms with Crippen LogP contribution in [0.5, 0.6) is 0 Å². The summed E-state index contributed by atoms with van der Waals surface area (Å²) in [5.41, 5.74) is 1.15. The molecule has 1 aliphatic rings. The zero-order valence-corrected chi connectivity index (χ0v) is 14.4. The highest BCUT2D eigenvalue weighted by Gasteiger charge is 2.14. The van der Waals surface area contributed by atoms with E-state index >= 15 is 0 Å². The van der Waals surface area contributed by atoms with Gasteiger partial charge in [0.25, 0.3) is 0 Å². The van der Waals surface area contributed by atoms with Crippen molar-refractivity contribution in [3.63, 3.8) is 0 Å². The van der Waals surface area contributed by atoms with Crippen molar-refractivity contribution in [3.05, 3.63) is 33.8 Å². The van der Waals surface area contributed by atoms with E-state index in [-0.39, 0.29) is 0 Å². The number of hydrogen-bond donors (Lipinski definition) is 1. The number of nitrogens with one attached hydrogen (secondary N) is 1. The monoisotopic (exact) mass is 328 g/mol. The first-order valence-corrected chi connectivity index (χ1v) is 8.87. The molecule has 1 aliphatic heterocycles. The maximum atomic E-state index is 6.32. The average molecular weight is 329 g/mol. The second kappa shape index (κ2) is 8.99. The lowest BCUT2D eigenvalue weighted by atomic mass is 10.0. The molecular formula is C17H26Cl2N2. The zero-order valence-electron chi connectivity index (χ0n) is 12.9. The predicted molar refractivity (Wildman–Crippen MR) is 92.4 cm³/mol. The Labute approximate surface area is 138 Å². The van der Waals surface area contributed by atoms with Gasteiger partial charge in [-0.2, -0.15) is 0 Å². The summed E-state index contributed by atoms with van der Waals surface area (Å²) in [6, 6.07) is 6.10. The Bertz CT molecular complexity index is 429. The topological polar surface area (TPSA) is 15.3 Å². The van der Waals surface area contributed by atoms with Gasteiger partial charge in [-0.1, -0.05) is 49.0 Å². The van der Waals surface area contributed by atoms with E-state index in [1.54, 1.807) is 0 Å². The fourth-order valence-electron chi connectivity index (χ4n) is 3.01. The highest BCUT2D eigenvalue weighted by molar-refractivity contribution is 6.35. The molecule has 1 unspecified atom stereocenters. The van der Waals surface area contributed by atoms with Gasteiger partial charge in [0.15, 0.2) is 0 Å². The van der Waals surface area contributed by atoms with E-state index in [2.05, 4.69) is 17.1 Å². The Kier molecular flexibility index (Phi) is 7.31. The number of likely N-dealkylation sites (tertiary alicyclic amines) is 1. The van der Waals surface area contributed by atoms with Crippen LogP contribution in [0.25, 0.3) is 0 Å². The molecule has 1 fully saturated rings. The van der Waals surface area contributed by atoms with Crippen molar-refractivity contribution in [3.8, 4) is 0 Å². The van der Waals surface area contributed by atoms with Crippen LogP contribution in [0.3, 0.4) is 0 Å². The number of rotatable bonds is 6. The molecule has 0 bridgehead atoms. The molecule has 1 N–H and O–H groups in total. The van der Waals surface area contributed by atoms with Crippen LogP contribution in [-0.4, -0.2) is 31.1 Å². The zero-order chi connectivity index (χ0) is 15.1. The van der Waals surface area contributed by atoms with Gasteiger partial charge in [0.1, 0.15) is 0 Å². The molecule has 1 heterocycles. The lowest BCUT2D eigenvalue weighted by Crippen LogP contribution is -2.34. The molecule has 2 nitrogen and oxygen atoms in total. The SMILES string of the molecule is CCC(NCCN1CCCCCC1)c1ccc(Cl)cc1Cl. The maximum absolute atomic E-state index is 6.32. The van der Waals surface area contributed by atoms with Crippen LogP contribution in [-0.2, 0) is 0 Å². The minimum Gasteiger partial charge on any atom is -0.309 e. The van der Waals surface area contributed by atoms with Crippen LogP contribution < -0.4 is 5.32 Å². The molecule has 1 aromatic carbocycles. The smallest absolute Gasteiger partial charge is 0.0468 e. The third-order valence-corrected chi connectivity index (χ3v) is 4.83. The minimum atomic E-state index is 0.307. The van der Waals surface area contributed by atoms with Crippen LogP contribution >= 0.6 is 23.2 Å².